The summed E-state index contributed by atoms with van der Waals surface area (Å²) in [5.41, 5.74) is 2.12. The van der Waals surface area contributed by atoms with Gasteiger partial charge in [-0.25, -0.2) is 9.78 Å². The van der Waals surface area contributed by atoms with Crippen molar-refractivity contribution in [2.75, 3.05) is 12.4 Å². The lowest BCUT2D eigenvalue weighted by Crippen LogP contribution is -2.07. The van der Waals surface area contributed by atoms with E-state index in [0.29, 0.717) is 5.82 Å². The van der Waals surface area contributed by atoms with Gasteiger partial charge in [-0.2, -0.15) is 0 Å². The molecule has 0 unspecified atom stereocenters. The van der Waals surface area contributed by atoms with Gasteiger partial charge in [0.1, 0.15) is 5.82 Å². The van der Waals surface area contributed by atoms with Gasteiger partial charge in [0.25, 0.3) is 0 Å². The number of aromatic nitrogens is 2. The van der Waals surface area contributed by atoms with Crippen LogP contribution in [0.3, 0.4) is 0 Å². The molecule has 0 bridgehead atoms. The quantitative estimate of drug-likeness (QED) is 0.880. The number of rotatable bonds is 3. The highest BCUT2D eigenvalue weighted by Gasteiger charge is 2.09. The highest BCUT2D eigenvalue weighted by molar-refractivity contribution is 9.10. The largest absolute Gasteiger partial charge is 0.464 e. The summed E-state index contributed by atoms with van der Waals surface area (Å²) in [5.74, 6) is -0.0337. The van der Waals surface area contributed by atoms with Crippen LogP contribution in [0.4, 0.5) is 11.5 Å². The molecule has 98 valence electrons. The Labute approximate surface area is 119 Å². The van der Waals surface area contributed by atoms with Crippen LogP contribution in [0, 0.1) is 6.92 Å². The van der Waals surface area contributed by atoms with Crippen molar-refractivity contribution in [2.45, 2.75) is 6.92 Å². The fourth-order valence-corrected chi connectivity index (χ4v) is 1.87. The SMILES string of the molecule is COC(=O)c1cncc(Nc2cccc(C)c2Br)n1. The Balaban J connectivity index is 2.28. The van der Waals surface area contributed by atoms with Gasteiger partial charge in [0, 0.05) is 4.47 Å². The predicted molar refractivity (Wildman–Crippen MR) is 75.5 cm³/mol. The number of hydrogen-bond donors (Lipinski definition) is 1. The Bertz CT molecular complexity index is 617. The summed E-state index contributed by atoms with van der Waals surface area (Å²) < 4.78 is 5.55. The Kier molecular flexibility index (Phi) is 4.11. The Morgan fingerprint density at radius 3 is 2.89 bits per heavy atom. The molecule has 0 spiro atoms. The first-order valence-electron chi connectivity index (χ1n) is 5.54. The number of nitrogens with one attached hydrogen (secondary N) is 1. The van der Waals surface area contributed by atoms with Gasteiger partial charge >= 0.3 is 5.97 Å². The van der Waals surface area contributed by atoms with Crippen LogP contribution in [0.2, 0.25) is 0 Å². The molecule has 0 aliphatic heterocycles. The van der Waals surface area contributed by atoms with Gasteiger partial charge in [0.05, 0.1) is 25.2 Å². The maximum atomic E-state index is 11.4. The minimum atomic E-state index is -0.514. The topological polar surface area (TPSA) is 64.1 Å². The number of benzene rings is 1. The number of halogens is 1. The number of methoxy groups -OCH3 is 1. The van der Waals surface area contributed by atoms with Gasteiger partial charge < -0.3 is 10.1 Å². The smallest absolute Gasteiger partial charge is 0.358 e. The van der Waals surface area contributed by atoms with Crippen LogP contribution in [0.1, 0.15) is 16.1 Å². The summed E-state index contributed by atoms with van der Waals surface area (Å²) in [7, 11) is 1.31. The summed E-state index contributed by atoms with van der Waals surface area (Å²) in [6, 6.07) is 5.83. The van der Waals surface area contributed by atoms with Gasteiger partial charge in [-0.3, -0.25) is 4.98 Å². The zero-order chi connectivity index (χ0) is 13.8. The molecule has 5 nitrogen and oxygen atoms in total. The van der Waals surface area contributed by atoms with Crippen LogP contribution < -0.4 is 5.32 Å². The third kappa shape index (κ3) is 3.08. The van der Waals surface area contributed by atoms with Crippen molar-refractivity contribution in [3.05, 3.63) is 46.3 Å². The number of anilines is 2. The Morgan fingerprint density at radius 2 is 2.16 bits per heavy atom. The maximum Gasteiger partial charge on any atom is 0.358 e. The summed E-state index contributed by atoms with van der Waals surface area (Å²) in [4.78, 5) is 19.5. The molecule has 0 saturated carbocycles. The number of carbonyl (C=O) groups is 1. The molecule has 0 amide bonds. The van der Waals surface area contributed by atoms with Gasteiger partial charge in [0.15, 0.2) is 5.69 Å². The minimum absolute atomic E-state index is 0.163. The van der Waals surface area contributed by atoms with E-state index in [9.17, 15) is 4.79 Å². The molecule has 1 aromatic heterocycles. The standard InChI is InChI=1S/C13H12BrN3O2/c1-8-4-3-5-9(12(8)14)16-11-7-15-6-10(17-11)13(18)19-2/h3-7H,1-2H3,(H,16,17). The van der Waals surface area contributed by atoms with E-state index in [0.717, 1.165) is 15.7 Å². The highest BCUT2D eigenvalue weighted by atomic mass is 79.9. The van der Waals surface area contributed by atoms with E-state index in [1.54, 1.807) is 6.20 Å². The molecule has 2 aromatic rings. The van der Waals surface area contributed by atoms with E-state index in [2.05, 4.69) is 36.0 Å². The molecule has 0 atom stereocenters. The highest BCUT2D eigenvalue weighted by Crippen LogP contribution is 2.27. The second-order valence-corrected chi connectivity index (χ2v) is 4.64. The molecule has 19 heavy (non-hydrogen) atoms. The molecule has 0 fully saturated rings. The molecule has 1 N–H and O–H groups in total. The first-order chi connectivity index (χ1) is 9.11. The van der Waals surface area contributed by atoms with Crippen LogP contribution in [0.15, 0.2) is 35.1 Å². The molecule has 0 saturated heterocycles. The van der Waals surface area contributed by atoms with Gasteiger partial charge in [0.2, 0.25) is 0 Å². The first kappa shape index (κ1) is 13.5. The van der Waals surface area contributed by atoms with E-state index in [4.69, 9.17) is 0 Å². The molecule has 6 heteroatoms. The summed E-state index contributed by atoms with van der Waals surface area (Å²) in [6.45, 7) is 1.99. The van der Waals surface area contributed by atoms with Crippen LogP contribution in [0.5, 0.6) is 0 Å². The maximum absolute atomic E-state index is 11.4. The molecular formula is C13H12BrN3O2. The molecular weight excluding hydrogens is 310 g/mol. The van der Waals surface area contributed by atoms with E-state index in [1.807, 2.05) is 25.1 Å². The molecule has 0 aliphatic rings. The van der Waals surface area contributed by atoms with Crippen molar-refractivity contribution >= 4 is 33.4 Å². The number of hydrogen-bond acceptors (Lipinski definition) is 5. The number of ether oxygens (including phenoxy) is 1. The summed E-state index contributed by atoms with van der Waals surface area (Å²) in [5, 5.41) is 3.10. The van der Waals surface area contributed by atoms with Crippen molar-refractivity contribution < 1.29 is 9.53 Å². The fraction of sp³-hybridized carbons (Fsp3) is 0.154. The van der Waals surface area contributed by atoms with E-state index < -0.39 is 5.97 Å². The lowest BCUT2D eigenvalue weighted by Gasteiger charge is -2.09. The third-order valence-electron chi connectivity index (χ3n) is 2.48. The average molecular weight is 322 g/mol. The molecule has 2 rings (SSSR count). The number of nitrogens with zero attached hydrogens (tertiary/aromatic N) is 2. The number of aryl methyl sites for hydroxylation is 1. The zero-order valence-electron chi connectivity index (χ0n) is 10.5. The normalized spacial score (nSPS) is 10.1. The average Bonchev–Trinajstić information content (AvgIpc) is 2.43. The minimum Gasteiger partial charge on any atom is -0.464 e. The van der Waals surface area contributed by atoms with Crippen LogP contribution in [-0.2, 0) is 4.74 Å². The fourth-order valence-electron chi connectivity index (χ4n) is 1.51. The Hall–Kier alpha value is -1.95. The number of carbonyl (C=O) groups excluding carboxylic acids is 1. The van der Waals surface area contributed by atoms with E-state index >= 15 is 0 Å². The summed E-state index contributed by atoms with van der Waals surface area (Å²) >= 11 is 3.50. The first-order valence-corrected chi connectivity index (χ1v) is 6.33. The molecule has 0 aliphatic carbocycles. The van der Waals surface area contributed by atoms with Gasteiger partial charge in [-0.15, -0.1) is 0 Å². The van der Waals surface area contributed by atoms with Crippen molar-refractivity contribution in [3.63, 3.8) is 0 Å². The lowest BCUT2D eigenvalue weighted by atomic mass is 10.2. The molecule has 1 heterocycles. The monoisotopic (exact) mass is 321 g/mol. The second-order valence-electron chi connectivity index (χ2n) is 3.84. The molecule has 1 aromatic carbocycles. The van der Waals surface area contributed by atoms with Crippen molar-refractivity contribution in [3.8, 4) is 0 Å². The van der Waals surface area contributed by atoms with E-state index in [-0.39, 0.29) is 5.69 Å². The Morgan fingerprint density at radius 1 is 1.37 bits per heavy atom. The van der Waals surface area contributed by atoms with Crippen LogP contribution in [-0.4, -0.2) is 23.0 Å². The molecule has 0 radical (unpaired) electrons. The third-order valence-corrected chi connectivity index (χ3v) is 3.54. The van der Waals surface area contributed by atoms with Gasteiger partial charge in [-0.1, -0.05) is 12.1 Å². The summed E-state index contributed by atoms with van der Waals surface area (Å²) in [6.07, 6.45) is 2.91. The van der Waals surface area contributed by atoms with Crippen LogP contribution >= 0.6 is 15.9 Å². The van der Waals surface area contributed by atoms with Crippen molar-refractivity contribution in [1.82, 2.24) is 9.97 Å². The predicted octanol–water partition coefficient (Wildman–Crippen LogP) is 3.08. The van der Waals surface area contributed by atoms with E-state index in [1.165, 1.54) is 13.3 Å². The zero-order valence-corrected chi connectivity index (χ0v) is 12.1. The van der Waals surface area contributed by atoms with Crippen molar-refractivity contribution in [1.29, 1.82) is 0 Å². The second kappa shape index (κ2) is 5.79. The van der Waals surface area contributed by atoms with Crippen LogP contribution in [0.25, 0.3) is 0 Å². The van der Waals surface area contributed by atoms with Crippen molar-refractivity contribution in [2.24, 2.45) is 0 Å². The lowest BCUT2D eigenvalue weighted by molar-refractivity contribution is 0.0593. The number of esters is 1. The van der Waals surface area contributed by atoms with Gasteiger partial charge in [-0.05, 0) is 34.5 Å².